The summed E-state index contributed by atoms with van der Waals surface area (Å²) < 4.78 is 7.17. The number of rotatable bonds is 5. The predicted octanol–water partition coefficient (Wildman–Crippen LogP) is 3.41. The van der Waals surface area contributed by atoms with Crippen molar-refractivity contribution in [3.05, 3.63) is 41.2 Å². The van der Waals surface area contributed by atoms with E-state index in [1.54, 1.807) is 7.11 Å². The maximum atomic E-state index is 12.3. The van der Waals surface area contributed by atoms with Crippen LogP contribution < -0.4 is 10.1 Å². The van der Waals surface area contributed by atoms with E-state index >= 15 is 0 Å². The fraction of sp³-hybridized carbons (Fsp3) is 0.412. The molecule has 0 radical (unpaired) electrons. The number of carbonyl (C=O) groups is 1. The van der Waals surface area contributed by atoms with Crippen LogP contribution in [0.5, 0.6) is 5.75 Å². The number of hydrogen-bond acceptors (Lipinski definition) is 3. The molecule has 0 aliphatic rings. The maximum Gasteiger partial charge on any atom is 0.226 e. The Bertz CT molecular complexity index is 677. The molecule has 22 heavy (non-hydrogen) atoms. The smallest absolute Gasteiger partial charge is 0.226 e. The first-order valence-corrected chi connectivity index (χ1v) is 7.38. The number of carbonyl (C=O) groups excluding carboxylic acids is 1. The summed E-state index contributed by atoms with van der Waals surface area (Å²) in [6.07, 6.45) is 0.360. The maximum absolute atomic E-state index is 12.3. The van der Waals surface area contributed by atoms with E-state index in [2.05, 4.69) is 10.4 Å². The van der Waals surface area contributed by atoms with E-state index in [9.17, 15) is 4.79 Å². The van der Waals surface area contributed by atoms with Crippen LogP contribution in [0.3, 0.4) is 0 Å². The van der Waals surface area contributed by atoms with Crippen LogP contribution in [0.4, 0.5) is 5.69 Å². The Balaban J connectivity index is 2.07. The normalized spacial score (nSPS) is 12.0. The third kappa shape index (κ3) is 3.67. The molecular weight excluding hydrogens is 278 g/mol. The standard InChI is InChI=1S/C17H23N3O2/c1-11-6-7-16(22-5)15(8-11)18-17(21)10-14(4)20-13(3)9-12(2)19-20/h6-9,14H,10H2,1-5H3,(H,18,21)/t14-/m0/s1. The highest BCUT2D eigenvalue weighted by Gasteiger charge is 2.15. The molecule has 0 saturated heterocycles. The molecule has 1 N–H and O–H groups in total. The monoisotopic (exact) mass is 301 g/mol. The first-order valence-electron chi connectivity index (χ1n) is 7.38. The lowest BCUT2D eigenvalue weighted by Gasteiger charge is -2.15. The topological polar surface area (TPSA) is 56.1 Å². The Morgan fingerprint density at radius 1 is 1.32 bits per heavy atom. The third-order valence-corrected chi connectivity index (χ3v) is 3.57. The highest BCUT2D eigenvalue weighted by Crippen LogP contribution is 2.26. The summed E-state index contributed by atoms with van der Waals surface area (Å²) in [5, 5.41) is 7.35. The number of aryl methyl sites for hydroxylation is 3. The Hall–Kier alpha value is -2.30. The van der Waals surface area contributed by atoms with Gasteiger partial charge >= 0.3 is 0 Å². The second-order valence-electron chi connectivity index (χ2n) is 5.68. The predicted molar refractivity (Wildman–Crippen MR) is 87.4 cm³/mol. The van der Waals surface area contributed by atoms with Gasteiger partial charge in [-0.2, -0.15) is 5.10 Å². The van der Waals surface area contributed by atoms with Crippen LogP contribution in [0.25, 0.3) is 0 Å². The Morgan fingerprint density at radius 3 is 2.64 bits per heavy atom. The van der Waals surface area contributed by atoms with E-state index in [1.165, 1.54) is 0 Å². The lowest BCUT2D eigenvalue weighted by Crippen LogP contribution is -2.19. The van der Waals surface area contributed by atoms with Crippen molar-refractivity contribution in [3.63, 3.8) is 0 Å². The van der Waals surface area contributed by atoms with Crippen LogP contribution in [-0.2, 0) is 4.79 Å². The van der Waals surface area contributed by atoms with Crippen molar-refractivity contribution in [2.24, 2.45) is 0 Å². The molecule has 2 aromatic rings. The van der Waals surface area contributed by atoms with Gasteiger partial charge in [0.1, 0.15) is 5.75 Å². The molecule has 5 nitrogen and oxygen atoms in total. The third-order valence-electron chi connectivity index (χ3n) is 3.57. The van der Waals surface area contributed by atoms with Gasteiger partial charge in [0.15, 0.2) is 0 Å². The van der Waals surface area contributed by atoms with Crippen LogP contribution in [0, 0.1) is 20.8 Å². The average Bonchev–Trinajstić information content (AvgIpc) is 2.78. The SMILES string of the molecule is COc1ccc(C)cc1NC(=O)C[C@H](C)n1nc(C)cc1C. The van der Waals surface area contributed by atoms with Gasteiger partial charge in [0, 0.05) is 12.1 Å². The number of nitrogens with one attached hydrogen (secondary N) is 1. The molecule has 0 spiro atoms. The molecule has 0 fully saturated rings. The second-order valence-corrected chi connectivity index (χ2v) is 5.68. The number of nitrogens with zero attached hydrogens (tertiary/aromatic N) is 2. The minimum atomic E-state index is -0.0519. The Kier molecular flexibility index (Phi) is 4.85. The van der Waals surface area contributed by atoms with Gasteiger partial charge in [-0.25, -0.2) is 0 Å². The van der Waals surface area contributed by atoms with E-state index < -0.39 is 0 Å². The molecule has 0 bridgehead atoms. The van der Waals surface area contributed by atoms with Gasteiger partial charge in [-0.05, 0) is 51.5 Å². The van der Waals surface area contributed by atoms with Crippen LogP contribution in [0.1, 0.15) is 36.3 Å². The van der Waals surface area contributed by atoms with Gasteiger partial charge in [-0.3, -0.25) is 9.48 Å². The van der Waals surface area contributed by atoms with Gasteiger partial charge in [0.05, 0.1) is 24.5 Å². The molecule has 5 heteroatoms. The molecular formula is C17H23N3O2. The average molecular weight is 301 g/mol. The highest BCUT2D eigenvalue weighted by molar-refractivity contribution is 5.92. The molecule has 1 amide bonds. The molecule has 118 valence electrons. The van der Waals surface area contributed by atoms with E-state index in [0.29, 0.717) is 17.9 Å². The number of ether oxygens (including phenoxy) is 1. The van der Waals surface area contributed by atoms with Crippen molar-refractivity contribution >= 4 is 11.6 Å². The fourth-order valence-corrected chi connectivity index (χ4v) is 2.57. The summed E-state index contributed by atoms with van der Waals surface area (Å²) in [6.45, 7) is 7.92. The number of anilines is 1. The van der Waals surface area contributed by atoms with Crippen molar-refractivity contribution in [1.29, 1.82) is 0 Å². The lowest BCUT2D eigenvalue weighted by molar-refractivity contribution is -0.116. The Morgan fingerprint density at radius 2 is 2.05 bits per heavy atom. The molecule has 1 aromatic heterocycles. The number of hydrogen-bond donors (Lipinski definition) is 1. The highest BCUT2D eigenvalue weighted by atomic mass is 16.5. The fourth-order valence-electron chi connectivity index (χ4n) is 2.57. The zero-order valence-corrected chi connectivity index (χ0v) is 13.8. The van der Waals surface area contributed by atoms with Crippen molar-refractivity contribution in [1.82, 2.24) is 9.78 Å². The largest absolute Gasteiger partial charge is 0.495 e. The lowest BCUT2D eigenvalue weighted by atomic mass is 10.2. The minimum Gasteiger partial charge on any atom is -0.495 e. The number of methoxy groups -OCH3 is 1. The summed E-state index contributed by atoms with van der Waals surface area (Å²) in [4.78, 5) is 12.3. The van der Waals surface area contributed by atoms with E-state index in [0.717, 1.165) is 17.0 Å². The van der Waals surface area contributed by atoms with Crippen LogP contribution in [0.15, 0.2) is 24.3 Å². The molecule has 0 unspecified atom stereocenters. The first-order chi connectivity index (χ1) is 10.4. The van der Waals surface area contributed by atoms with E-state index in [-0.39, 0.29) is 11.9 Å². The van der Waals surface area contributed by atoms with Gasteiger partial charge in [-0.1, -0.05) is 6.07 Å². The summed E-state index contributed by atoms with van der Waals surface area (Å²) in [7, 11) is 1.60. The Labute approximate surface area is 131 Å². The number of benzene rings is 1. The molecule has 1 heterocycles. The van der Waals surface area contributed by atoms with Gasteiger partial charge in [-0.15, -0.1) is 0 Å². The molecule has 1 aromatic carbocycles. The summed E-state index contributed by atoms with van der Waals surface area (Å²) >= 11 is 0. The molecule has 0 aliphatic carbocycles. The zero-order valence-electron chi connectivity index (χ0n) is 13.8. The van der Waals surface area contributed by atoms with Crippen molar-refractivity contribution < 1.29 is 9.53 Å². The minimum absolute atomic E-state index is 0.00417. The molecule has 1 atom stereocenters. The summed E-state index contributed by atoms with van der Waals surface area (Å²) in [6, 6.07) is 7.73. The number of amides is 1. The van der Waals surface area contributed by atoms with Gasteiger partial charge in [0.25, 0.3) is 0 Å². The quantitative estimate of drug-likeness (QED) is 0.920. The number of aromatic nitrogens is 2. The first kappa shape index (κ1) is 16.1. The molecule has 0 saturated carbocycles. The van der Waals surface area contributed by atoms with Crippen molar-refractivity contribution in [2.75, 3.05) is 12.4 Å². The van der Waals surface area contributed by atoms with E-state index in [4.69, 9.17) is 4.74 Å². The van der Waals surface area contributed by atoms with Crippen molar-refractivity contribution in [3.8, 4) is 5.75 Å². The van der Waals surface area contributed by atoms with Crippen molar-refractivity contribution in [2.45, 2.75) is 40.2 Å². The van der Waals surface area contributed by atoms with Gasteiger partial charge in [0.2, 0.25) is 5.91 Å². The van der Waals surface area contributed by atoms with E-state index in [1.807, 2.05) is 56.6 Å². The summed E-state index contributed by atoms with van der Waals surface area (Å²) in [5.74, 6) is 0.613. The van der Waals surface area contributed by atoms with Crippen LogP contribution >= 0.6 is 0 Å². The molecule has 2 rings (SSSR count). The van der Waals surface area contributed by atoms with Crippen LogP contribution in [-0.4, -0.2) is 22.8 Å². The second kappa shape index (κ2) is 6.64. The van der Waals surface area contributed by atoms with Gasteiger partial charge < -0.3 is 10.1 Å². The zero-order chi connectivity index (χ0) is 16.3. The van der Waals surface area contributed by atoms with Crippen LogP contribution in [0.2, 0.25) is 0 Å². The summed E-state index contributed by atoms with van der Waals surface area (Å²) in [5.41, 5.74) is 3.80. The molecule has 0 aliphatic heterocycles.